The molecular weight excluding hydrogens is 258 g/mol. The first-order valence-corrected chi connectivity index (χ1v) is 7.94. The Morgan fingerprint density at radius 2 is 2.16 bits per heavy atom. The third kappa shape index (κ3) is 3.76. The summed E-state index contributed by atoms with van der Waals surface area (Å²) >= 11 is 1.51. The number of rotatable bonds is 4. The van der Waals surface area contributed by atoms with Crippen LogP contribution in [0.3, 0.4) is 0 Å². The van der Waals surface area contributed by atoms with Gasteiger partial charge in [-0.25, -0.2) is 4.98 Å². The Labute approximate surface area is 118 Å². The van der Waals surface area contributed by atoms with Gasteiger partial charge in [0.1, 0.15) is 0 Å². The largest absolute Gasteiger partial charge is 0.330 e. The predicted octanol–water partition coefficient (Wildman–Crippen LogP) is 2.97. The topological polar surface area (TPSA) is 68.0 Å². The van der Waals surface area contributed by atoms with E-state index in [1.54, 1.807) is 0 Å². The summed E-state index contributed by atoms with van der Waals surface area (Å²) < 4.78 is 0. The van der Waals surface area contributed by atoms with Gasteiger partial charge in [-0.05, 0) is 44.1 Å². The first-order valence-electron chi connectivity index (χ1n) is 7.06. The molecule has 5 heteroatoms. The number of amides is 1. The minimum atomic E-state index is 0.125. The lowest BCUT2D eigenvalue weighted by atomic mass is 9.82. The second-order valence-corrected chi connectivity index (χ2v) is 6.53. The molecule has 19 heavy (non-hydrogen) atoms. The molecular formula is C14H23N3OS. The smallest absolute Gasteiger partial charge is 0.229 e. The summed E-state index contributed by atoms with van der Waals surface area (Å²) in [5, 5.41) is 5.71. The second kappa shape index (κ2) is 6.48. The fourth-order valence-corrected chi connectivity index (χ4v) is 3.35. The van der Waals surface area contributed by atoms with Crippen molar-refractivity contribution in [3.63, 3.8) is 0 Å². The van der Waals surface area contributed by atoms with Crippen LogP contribution >= 0.6 is 11.3 Å². The molecule has 0 spiro atoms. The van der Waals surface area contributed by atoms with Crippen LogP contribution < -0.4 is 11.1 Å². The molecule has 0 atom stereocenters. The van der Waals surface area contributed by atoms with Gasteiger partial charge in [-0.15, -0.1) is 11.3 Å². The Hall–Kier alpha value is -0.940. The summed E-state index contributed by atoms with van der Waals surface area (Å²) in [6.45, 7) is 4.96. The lowest BCUT2D eigenvalue weighted by Gasteiger charge is -2.26. The lowest BCUT2D eigenvalue weighted by molar-refractivity contribution is -0.121. The van der Waals surface area contributed by atoms with Gasteiger partial charge in [0, 0.05) is 11.3 Å². The quantitative estimate of drug-likeness (QED) is 0.891. The van der Waals surface area contributed by atoms with Gasteiger partial charge in [0.05, 0.1) is 5.69 Å². The Balaban J connectivity index is 1.87. The van der Waals surface area contributed by atoms with Crippen LogP contribution in [0.5, 0.6) is 0 Å². The van der Waals surface area contributed by atoms with Crippen LogP contribution in [0.4, 0.5) is 5.13 Å². The van der Waals surface area contributed by atoms with Crippen molar-refractivity contribution in [3.05, 3.63) is 11.1 Å². The number of aromatic nitrogens is 1. The van der Waals surface area contributed by atoms with Crippen molar-refractivity contribution < 1.29 is 4.79 Å². The number of hydrogen-bond acceptors (Lipinski definition) is 4. The van der Waals surface area contributed by atoms with Gasteiger partial charge in [0.2, 0.25) is 5.91 Å². The minimum absolute atomic E-state index is 0.125. The van der Waals surface area contributed by atoms with Crippen LogP contribution in [0.2, 0.25) is 0 Å². The monoisotopic (exact) mass is 281 g/mol. The van der Waals surface area contributed by atoms with E-state index in [1.165, 1.54) is 11.3 Å². The first kappa shape index (κ1) is 14.5. The molecule has 0 unspecified atom stereocenters. The molecule has 1 aliphatic rings. The zero-order valence-electron chi connectivity index (χ0n) is 11.7. The summed E-state index contributed by atoms with van der Waals surface area (Å²) in [5.74, 6) is 1.27. The average molecular weight is 281 g/mol. The maximum Gasteiger partial charge on any atom is 0.229 e. The van der Waals surface area contributed by atoms with Crippen LogP contribution in [0.15, 0.2) is 5.38 Å². The zero-order valence-corrected chi connectivity index (χ0v) is 12.5. The lowest BCUT2D eigenvalue weighted by Crippen LogP contribution is -2.29. The summed E-state index contributed by atoms with van der Waals surface area (Å²) in [6.07, 6.45) is 4.06. The van der Waals surface area contributed by atoms with Gasteiger partial charge in [-0.1, -0.05) is 13.8 Å². The number of nitrogens with zero attached hydrogens (tertiary/aromatic N) is 1. The Bertz CT molecular complexity index is 422. The van der Waals surface area contributed by atoms with Crippen molar-refractivity contribution in [2.45, 2.75) is 45.4 Å². The molecule has 106 valence electrons. The van der Waals surface area contributed by atoms with Gasteiger partial charge >= 0.3 is 0 Å². The predicted molar refractivity (Wildman–Crippen MR) is 79.3 cm³/mol. The van der Waals surface area contributed by atoms with Crippen LogP contribution in [0.25, 0.3) is 0 Å². The highest BCUT2D eigenvalue weighted by Gasteiger charge is 2.26. The summed E-state index contributed by atoms with van der Waals surface area (Å²) in [7, 11) is 0. The molecule has 0 saturated heterocycles. The molecule has 1 aromatic rings. The standard InChI is InChI=1S/C14H23N3OS/c1-9(2)12-8-19-14(16-12)17-13(18)11-5-3-10(7-15)4-6-11/h8-11H,3-7,15H2,1-2H3,(H,16,17,18). The molecule has 1 aromatic heterocycles. The molecule has 0 aliphatic heterocycles. The van der Waals surface area contributed by atoms with Crippen LogP contribution in [-0.2, 0) is 4.79 Å². The SMILES string of the molecule is CC(C)c1csc(NC(=O)C2CCC(CN)CC2)n1. The van der Waals surface area contributed by atoms with Crippen molar-refractivity contribution in [2.24, 2.45) is 17.6 Å². The summed E-state index contributed by atoms with van der Waals surface area (Å²) in [4.78, 5) is 16.6. The maximum atomic E-state index is 12.2. The highest BCUT2D eigenvalue weighted by molar-refractivity contribution is 7.13. The maximum absolute atomic E-state index is 12.2. The summed E-state index contributed by atoms with van der Waals surface area (Å²) in [5.41, 5.74) is 6.72. The normalized spacial score (nSPS) is 23.6. The number of carbonyl (C=O) groups is 1. The van der Waals surface area contributed by atoms with Gasteiger partial charge in [0.15, 0.2) is 5.13 Å². The number of carbonyl (C=O) groups excluding carboxylic acids is 1. The van der Waals surface area contributed by atoms with Crippen LogP contribution in [-0.4, -0.2) is 17.4 Å². The van der Waals surface area contributed by atoms with E-state index in [-0.39, 0.29) is 11.8 Å². The van der Waals surface area contributed by atoms with E-state index in [4.69, 9.17) is 5.73 Å². The Morgan fingerprint density at radius 3 is 2.68 bits per heavy atom. The van der Waals surface area contributed by atoms with E-state index in [0.717, 1.165) is 43.1 Å². The van der Waals surface area contributed by atoms with E-state index in [2.05, 4.69) is 24.1 Å². The van der Waals surface area contributed by atoms with E-state index in [9.17, 15) is 4.79 Å². The molecule has 1 fully saturated rings. The van der Waals surface area contributed by atoms with Crippen LogP contribution in [0, 0.1) is 11.8 Å². The Kier molecular flexibility index (Phi) is 4.93. The highest BCUT2D eigenvalue weighted by atomic mass is 32.1. The number of hydrogen-bond donors (Lipinski definition) is 2. The molecule has 1 aliphatic carbocycles. The third-order valence-corrected chi connectivity index (χ3v) is 4.67. The van der Waals surface area contributed by atoms with Crippen molar-refractivity contribution >= 4 is 22.4 Å². The second-order valence-electron chi connectivity index (χ2n) is 5.67. The number of thiazole rings is 1. The van der Waals surface area contributed by atoms with Crippen LogP contribution in [0.1, 0.15) is 51.1 Å². The molecule has 0 aromatic carbocycles. The van der Waals surface area contributed by atoms with E-state index in [0.29, 0.717) is 11.8 Å². The fraction of sp³-hybridized carbons (Fsp3) is 0.714. The van der Waals surface area contributed by atoms with Gasteiger partial charge in [0.25, 0.3) is 0 Å². The zero-order chi connectivity index (χ0) is 13.8. The van der Waals surface area contributed by atoms with Gasteiger partial charge < -0.3 is 11.1 Å². The molecule has 1 heterocycles. The van der Waals surface area contributed by atoms with Crippen molar-refractivity contribution in [2.75, 3.05) is 11.9 Å². The van der Waals surface area contributed by atoms with Crippen molar-refractivity contribution in [3.8, 4) is 0 Å². The molecule has 1 saturated carbocycles. The fourth-order valence-electron chi connectivity index (χ4n) is 2.48. The summed E-state index contributed by atoms with van der Waals surface area (Å²) in [6, 6.07) is 0. The van der Waals surface area contributed by atoms with E-state index < -0.39 is 0 Å². The van der Waals surface area contributed by atoms with E-state index in [1.807, 2.05) is 5.38 Å². The van der Waals surface area contributed by atoms with Gasteiger partial charge in [-0.3, -0.25) is 4.79 Å². The average Bonchev–Trinajstić information content (AvgIpc) is 2.87. The Morgan fingerprint density at radius 1 is 1.47 bits per heavy atom. The first-order chi connectivity index (χ1) is 9.10. The molecule has 4 nitrogen and oxygen atoms in total. The molecule has 1 amide bonds. The van der Waals surface area contributed by atoms with Crippen molar-refractivity contribution in [1.29, 1.82) is 0 Å². The molecule has 0 radical (unpaired) electrons. The van der Waals surface area contributed by atoms with Crippen molar-refractivity contribution in [1.82, 2.24) is 4.98 Å². The highest BCUT2D eigenvalue weighted by Crippen LogP contribution is 2.29. The molecule has 3 N–H and O–H groups in total. The molecule has 0 bridgehead atoms. The minimum Gasteiger partial charge on any atom is -0.330 e. The van der Waals surface area contributed by atoms with Gasteiger partial charge in [-0.2, -0.15) is 0 Å². The number of anilines is 1. The number of nitrogens with two attached hydrogens (primary N) is 1. The third-order valence-electron chi connectivity index (χ3n) is 3.89. The number of nitrogens with one attached hydrogen (secondary N) is 1. The van der Waals surface area contributed by atoms with E-state index >= 15 is 0 Å². The molecule has 2 rings (SSSR count).